The van der Waals surface area contributed by atoms with Crippen LogP contribution in [0.5, 0.6) is 0 Å². The first kappa shape index (κ1) is 22.8. The molecule has 1 N–H and O–H groups in total. The van der Waals surface area contributed by atoms with Crippen LogP contribution in [0.4, 0.5) is 4.79 Å². The Morgan fingerprint density at radius 2 is 2.06 bits per heavy atom. The van der Waals surface area contributed by atoms with Crippen LogP contribution in [0.25, 0.3) is 0 Å². The zero-order valence-corrected chi connectivity index (χ0v) is 19.8. The molecule has 0 aromatic carbocycles. The first-order chi connectivity index (χ1) is 15.6. The molecule has 0 spiro atoms. The summed E-state index contributed by atoms with van der Waals surface area (Å²) in [7, 11) is 0. The van der Waals surface area contributed by atoms with Gasteiger partial charge in [0, 0.05) is 48.8 Å². The van der Waals surface area contributed by atoms with E-state index in [9.17, 15) is 14.4 Å². The van der Waals surface area contributed by atoms with E-state index in [1.165, 1.54) is 4.90 Å². The first-order valence-corrected chi connectivity index (χ1v) is 13.2. The number of carbonyl (C=O) groups excluding carboxylic acids is 3. The summed E-state index contributed by atoms with van der Waals surface area (Å²) in [5.74, 6) is 0.615. The molecule has 32 heavy (non-hydrogen) atoms. The Kier molecular flexibility index (Phi) is 7.15. The number of likely N-dealkylation sites (tertiary alicyclic amines) is 1. The number of piperidine rings is 1. The van der Waals surface area contributed by atoms with Gasteiger partial charge in [-0.05, 0) is 49.1 Å². The highest BCUT2D eigenvalue weighted by atomic mass is 32.2. The van der Waals surface area contributed by atoms with Crippen LogP contribution in [0, 0.1) is 5.92 Å². The second-order valence-electron chi connectivity index (χ2n) is 8.14. The summed E-state index contributed by atoms with van der Waals surface area (Å²) < 4.78 is 0. The Morgan fingerprint density at radius 1 is 1.25 bits per heavy atom. The average Bonchev–Trinajstić information content (AvgIpc) is 3.43. The van der Waals surface area contributed by atoms with Gasteiger partial charge < -0.3 is 10.2 Å². The predicted octanol–water partition coefficient (Wildman–Crippen LogP) is 3.12. The molecule has 2 aromatic heterocycles. The molecule has 0 bridgehead atoms. The SMILES string of the molecule is CSCCC(=O)N1CCC([C@@]2(c3ccccn3)NC(=O)N(CCc3cccs3)C2=O)CC1. The molecule has 9 heteroatoms. The Balaban J connectivity index is 1.54. The molecule has 170 valence electrons. The quantitative estimate of drug-likeness (QED) is 0.597. The van der Waals surface area contributed by atoms with E-state index in [0.29, 0.717) is 51.0 Å². The Labute approximate surface area is 196 Å². The summed E-state index contributed by atoms with van der Waals surface area (Å²) in [6.07, 6.45) is 6.11. The molecule has 0 radical (unpaired) electrons. The van der Waals surface area contributed by atoms with Gasteiger partial charge in [-0.15, -0.1) is 11.3 Å². The van der Waals surface area contributed by atoms with Crippen molar-refractivity contribution in [1.82, 2.24) is 20.1 Å². The molecular formula is C23H28N4O3S2. The number of nitrogens with zero attached hydrogens (tertiary/aromatic N) is 3. The van der Waals surface area contributed by atoms with E-state index in [-0.39, 0.29) is 23.8 Å². The second-order valence-corrected chi connectivity index (χ2v) is 10.2. The lowest BCUT2D eigenvalue weighted by molar-refractivity contribution is -0.136. The van der Waals surface area contributed by atoms with Crippen LogP contribution in [0.3, 0.4) is 0 Å². The minimum Gasteiger partial charge on any atom is -0.343 e. The molecule has 0 unspecified atom stereocenters. The van der Waals surface area contributed by atoms with Gasteiger partial charge in [0.1, 0.15) is 0 Å². The molecule has 2 aromatic rings. The summed E-state index contributed by atoms with van der Waals surface area (Å²) in [6.45, 7) is 1.52. The number of rotatable bonds is 8. The number of hydrogen-bond donors (Lipinski definition) is 1. The van der Waals surface area contributed by atoms with Crippen LogP contribution in [-0.4, -0.2) is 64.3 Å². The maximum atomic E-state index is 13.8. The number of amides is 4. The molecule has 2 aliphatic heterocycles. The normalized spacial score (nSPS) is 21.8. The lowest BCUT2D eigenvalue weighted by Crippen LogP contribution is -2.54. The van der Waals surface area contributed by atoms with Crippen molar-refractivity contribution >= 4 is 40.9 Å². The second kappa shape index (κ2) is 10.0. The van der Waals surface area contributed by atoms with Gasteiger partial charge in [-0.3, -0.25) is 19.5 Å². The van der Waals surface area contributed by atoms with Crippen molar-refractivity contribution in [2.45, 2.75) is 31.2 Å². The number of thiophene rings is 1. The fraction of sp³-hybridized carbons (Fsp3) is 0.478. The van der Waals surface area contributed by atoms with Crippen molar-refractivity contribution in [2.75, 3.05) is 31.6 Å². The van der Waals surface area contributed by atoms with Crippen LogP contribution >= 0.6 is 23.1 Å². The van der Waals surface area contributed by atoms with Crippen molar-refractivity contribution in [3.63, 3.8) is 0 Å². The van der Waals surface area contributed by atoms with Crippen molar-refractivity contribution in [2.24, 2.45) is 5.92 Å². The van der Waals surface area contributed by atoms with Gasteiger partial charge in [0.2, 0.25) is 5.91 Å². The number of carbonyl (C=O) groups is 3. The summed E-state index contributed by atoms with van der Waals surface area (Å²) in [6, 6.07) is 9.09. The zero-order valence-electron chi connectivity index (χ0n) is 18.2. The number of thioether (sulfide) groups is 1. The average molecular weight is 473 g/mol. The Hall–Kier alpha value is -2.39. The molecule has 4 heterocycles. The van der Waals surface area contributed by atoms with Crippen molar-refractivity contribution < 1.29 is 14.4 Å². The summed E-state index contributed by atoms with van der Waals surface area (Å²) in [5, 5.41) is 5.03. The maximum absolute atomic E-state index is 13.8. The van der Waals surface area contributed by atoms with Crippen LogP contribution in [-0.2, 0) is 21.5 Å². The third-order valence-electron chi connectivity index (χ3n) is 6.34. The summed E-state index contributed by atoms with van der Waals surface area (Å²) in [5.41, 5.74) is -0.605. The molecule has 1 atom stereocenters. The summed E-state index contributed by atoms with van der Waals surface area (Å²) in [4.78, 5) is 48.1. The van der Waals surface area contributed by atoms with Crippen LogP contribution in [0.15, 0.2) is 41.9 Å². The van der Waals surface area contributed by atoms with Crippen LogP contribution < -0.4 is 5.32 Å². The smallest absolute Gasteiger partial charge is 0.325 e. The number of pyridine rings is 1. The Morgan fingerprint density at radius 3 is 2.72 bits per heavy atom. The largest absolute Gasteiger partial charge is 0.343 e. The third-order valence-corrected chi connectivity index (χ3v) is 7.89. The Bertz CT molecular complexity index is 945. The fourth-order valence-electron chi connectivity index (χ4n) is 4.64. The molecule has 2 saturated heterocycles. The van der Waals surface area contributed by atoms with E-state index >= 15 is 0 Å². The zero-order chi connectivity index (χ0) is 22.6. The monoisotopic (exact) mass is 472 g/mol. The third kappa shape index (κ3) is 4.41. The minimum atomic E-state index is -1.18. The molecule has 2 fully saturated rings. The molecule has 0 saturated carbocycles. The van der Waals surface area contributed by atoms with E-state index in [4.69, 9.17) is 0 Å². The predicted molar refractivity (Wildman–Crippen MR) is 126 cm³/mol. The fourth-order valence-corrected chi connectivity index (χ4v) is 5.72. The number of urea groups is 1. The lowest BCUT2D eigenvalue weighted by atomic mass is 9.75. The lowest BCUT2D eigenvalue weighted by Gasteiger charge is -2.40. The first-order valence-electron chi connectivity index (χ1n) is 10.9. The van der Waals surface area contributed by atoms with Gasteiger partial charge in [-0.1, -0.05) is 12.1 Å². The van der Waals surface area contributed by atoms with Crippen molar-refractivity contribution in [3.8, 4) is 0 Å². The van der Waals surface area contributed by atoms with E-state index < -0.39 is 5.54 Å². The van der Waals surface area contributed by atoms with Crippen LogP contribution in [0.2, 0.25) is 0 Å². The highest BCUT2D eigenvalue weighted by Crippen LogP contribution is 2.40. The highest BCUT2D eigenvalue weighted by Gasteiger charge is 2.58. The van der Waals surface area contributed by atoms with E-state index in [1.54, 1.807) is 35.4 Å². The molecular weight excluding hydrogens is 444 g/mol. The van der Waals surface area contributed by atoms with E-state index in [0.717, 1.165) is 10.6 Å². The van der Waals surface area contributed by atoms with Crippen molar-refractivity contribution in [1.29, 1.82) is 0 Å². The molecule has 2 aliphatic rings. The van der Waals surface area contributed by atoms with Gasteiger partial charge >= 0.3 is 6.03 Å². The standard InChI is InChI=1S/C23H28N4O3S2/c1-31-16-10-20(28)26-12-7-17(8-13-26)23(19-6-2-3-11-24-19)21(29)27(22(30)25-23)14-9-18-5-4-15-32-18/h2-6,11,15,17H,7-10,12-14,16H2,1H3,(H,25,30)/t23-/m0/s1. The highest BCUT2D eigenvalue weighted by molar-refractivity contribution is 7.98. The van der Waals surface area contributed by atoms with Gasteiger partial charge in [-0.2, -0.15) is 11.8 Å². The van der Waals surface area contributed by atoms with Gasteiger partial charge in [0.15, 0.2) is 5.54 Å². The summed E-state index contributed by atoms with van der Waals surface area (Å²) >= 11 is 3.28. The number of imide groups is 1. The van der Waals surface area contributed by atoms with Crippen molar-refractivity contribution in [3.05, 3.63) is 52.5 Å². The number of hydrogen-bond acceptors (Lipinski definition) is 6. The molecule has 4 amide bonds. The van der Waals surface area contributed by atoms with Gasteiger partial charge in [-0.25, -0.2) is 4.79 Å². The van der Waals surface area contributed by atoms with Crippen LogP contribution in [0.1, 0.15) is 29.8 Å². The molecule has 0 aliphatic carbocycles. The maximum Gasteiger partial charge on any atom is 0.325 e. The molecule has 7 nitrogen and oxygen atoms in total. The topological polar surface area (TPSA) is 82.6 Å². The number of nitrogens with one attached hydrogen (secondary N) is 1. The van der Waals surface area contributed by atoms with E-state index in [1.807, 2.05) is 40.8 Å². The van der Waals surface area contributed by atoms with Gasteiger partial charge in [0.05, 0.1) is 5.69 Å². The van der Waals surface area contributed by atoms with Gasteiger partial charge in [0.25, 0.3) is 5.91 Å². The number of aromatic nitrogens is 1. The molecule has 4 rings (SSSR count). The minimum absolute atomic E-state index is 0.120. The van der Waals surface area contributed by atoms with E-state index in [2.05, 4.69) is 10.3 Å².